The number of allylic oxidation sites excluding steroid dienone is 3. The summed E-state index contributed by atoms with van der Waals surface area (Å²) in [6.07, 6.45) is 6.92. The molecular formula is C45H48N4O7. The van der Waals surface area contributed by atoms with Gasteiger partial charge in [0.15, 0.2) is 0 Å². The molecule has 4 aromatic rings. The van der Waals surface area contributed by atoms with Crippen LogP contribution in [0.15, 0.2) is 103 Å². The summed E-state index contributed by atoms with van der Waals surface area (Å²) >= 11 is 0. The van der Waals surface area contributed by atoms with Crippen LogP contribution in [0.4, 0.5) is 10.6 Å². The van der Waals surface area contributed by atoms with E-state index in [1.54, 1.807) is 39.1 Å². The van der Waals surface area contributed by atoms with Crippen LogP contribution in [0.25, 0.3) is 16.3 Å². The Morgan fingerprint density at radius 3 is 2.46 bits per heavy atom. The van der Waals surface area contributed by atoms with Gasteiger partial charge in [-0.1, -0.05) is 84.7 Å². The lowest BCUT2D eigenvalue weighted by atomic mass is 9.88. The Bertz CT molecular complexity index is 2180. The van der Waals surface area contributed by atoms with E-state index < -0.39 is 29.1 Å². The molecule has 1 aliphatic carbocycles. The summed E-state index contributed by atoms with van der Waals surface area (Å²) in [5, 5.41) is 7.46. The molecule has 56 heavy (non-hydrogen) atoms. The predicted octanol–water partition coefficient (Wildman–Crippen LogP) is 7.23. The number of carbonyl (C=O) groups is 4. The lowest BCUT2D eigenvalue weighted by molar-refractivity contribution is -0.142. The Kier molecular flexibility index (Phi) is 13.7. The number of amides is 3. The second kappa shape index (κ2) is 18.8. The first-order chi connectivity index (χ1) is 26.8. The van der Waals surface area contributed by atoms with Crippen LogP contribution >= 0.6 is 0 Å². The van der Waals surface area contributed by atoms with E-state index in [9.17, 15) is 19.2 Å². The molecular weight excluding hydrogens is 709 g/mol. The molecule has 1 aromatic heterocycles. The minimum absolute atomic E-state index is 0.0383. The average molecular weight is 757 g/mol. The fourth-order valence-electron chi connectivity index (χ4n) is 6.12. The van der Waals surface area contributed by atoms with Gasteiger partial charge in [-0.3, -0.25) is 19.3 Å². The molecule has 0 bridgehead atoms. The number of anilines is 1. The third kappa shape index (κ3) is 11.5. The molecule has 0 saturated heterocycles. The fourth-order valence-corrected chi connectivity index (χ4v) is 6.12. The molecule has 0 spiro atoms. The second-order valence-electron chi connectivity index (χ2n) is 14.5. The number of methoxy groups -OCH3 is 1. The first-order valence-electron chi connectivity index (χ1n) is 18.5. The minimum Gasteiger partial charge on any atom is -0.488 e. The smallest absolute Gasteiger partial charge is 0.416 e. The van der Waals surface area contributed by atoms with Crippen molar-refractivity contribution in [2.45, 2.75) is 71.1 Å². The maximum absolute atomic E-state index is 13.2. The number of hydrogen-bond acceptors (Lipinski definition) is 8. The fraction of sp³-hybridized carbons (Fsp3) is 0.311. The van der Waals surface area contributed by atoms with Crippen molar-refractivity contribution in [3.63, 3.8) is 0 Å². The largest absolute Gasteiger partial charge is 0.488 e. The number of rotatable bonds is 14. The van der Waals surface area contributed by atoms with Gasteiger partial charge in [0, 0.05) is 31.0 Å². The standard InChI is InChI=1S/C45H48N4O7/c1-32-23-26-46-39(28-32)49(43(53)56-44(2,3)4)27-13-22-40(50)47-30-41(51)48-45(29-42(52)54-5)24-11-16-34(17-12-25-45)35-18-9-20-37-36(35)19-10-21-38(37)55-31-33-14-7-6-8-15-33/h6-11,14-21,23,26,28H,13,22,24,27,29-31H2,1-5H3,(H,47,50)(H,48,51)/b16-11-,34-17+. The molecule has 0 radical (unpaired) electrons. The summed E-state index contributed by atoms with van der Waals surface area (Å²) in [5.41, 5.74) is 1.81. The molecule has 290 valence electrons. The Hall–Kier alpha value is -6.41. The van der Waals surface area contributed by atoms with Gasteiger partial charge in [-0.2, -0.15) is 0 Å². The van der Waals surface area contributed by atoms with E-state index in [1.165, 1.54) is 12.0 Å². The van der Waals surface area contributed by atoms with Gasteiger partial charge < -0.3 is 24.8 Å². The number of ether oxygens (including phenoxy) is 3. The number of carbonyl (C=O) groups excluding carboxylic acids is 4. The number of nitrogens with one attached hydrogen (secondary N) is 2. The van der Waals surface area contributed by atoms with Crippen molar-refractivity contribution in [1.29, 1.82) is 0 Å². The van der Waals surface area contributed by atoms with E-state index in [0.29, 0.717) is 12.4 Å². The highest BCUT2D eigenvalue weighted by Gasteiger charge is 2.33. The number of aromatic nitrogens is 1. The summed E-state index contributed by atoms with van der Waals surface area (Å²) in [5.74, 6) is 5.92. The van der Waals surface area contributed by atoms with E-state index >= 15 is 0 Å². The average Bonchev–Trinajstić information content (AvgIpc) is 3.15. The molecule has 3 amide bonds. The van der Waals surface area contributed by atoms with Crippen LogP contribution < -0.4 is 20.3 Å². The number of nitrogens with zero attached hydrogens (tertiary/aromatic N) is 2. The first kappa shape index (κ1) is 40.8. The van der Waals surface area contributed by atoms with Crippen molar-refractivity contribution >= 4 is 46.0 Å². The quantitative estimate of drug-likeness (QED) is 0.102. The molecule has 1 heterocycles. The molecule has 3 aromatic carbocycles. The molecule has 0 aliphatic heterocycles. The molecule has 2 N–H and O–H groups in total. The van der Waals surface area contributed by atoms with E-state index in [2.05, 4.69) is 27.5 Å². The highest BCUT2D eigenvalue weighted by Crippen LogP contribution is 2.33. The summed E-state index contributed by atoms with van der Waals surface area (Å²) in [4.78, 5) is 57.3. The number of hydrogen-bond donors (Lipinski definition) is 2. The zero-order valence-electron chi connectivity index (χ0n) is 32.5. The SMILES string of the molecule is COC(=O)CC1(NC(=O)CNC(=O)CCCN(C(=O)OC(C)(C)C)c2cc(C)ccn2)C#C/C=C(c2cccc3c(OCc4ccccc4)cccc23)\C=C/C1. The third-order valence-electron chi connectivity index (χ3n) is 8.81. The molecule has 11 heteroatoms. The Morgan fingerprint density at radius 2 is 1.71 bits per heavy atom. The maximum Gasteiger partial charge on any atom is 0.416 e. The molecule has 1 aliphatic rings. The van der Waals surface area contributed by atoms with Crippen molar-refractivity contribution in [1.82, 2.24) is 15.6 Å². The number of benzene rings is 3. The van der Waals surface area contributed by atoms with Gasteiger partial charge in [-0.25, -0.2) is 9.78 Å². The van der Waals surface area contributed by atoms with Gasteiger partial charge in [0.25, 0.3) is 0 Å². The third-order valence-corrected chi connectivity index (χ3v) is 8.81. The van der Waals surface area contributed by atoms with E-state index in [0.717, 1.165) is 38.8 Å². The number of aryl methyl sites for hydroxylation is 1. The summed E-state index contributed by atoms with van der Waals surface area (Å²) < 4.78 is 16.7. The van der Waals surface area contributed by atoms with Crippen molar-refractivity contribution in [2.75, 3.05) is 25.1 Å². The Morgan fingerprint density at radius 1 is 0.946 bits per heavy atom. The zero-order chi connectivity index (χ0) is 40.1. The number of esters is 1. The predicted molar refractivity (Wildman–Crippen MR) is 217 cm³/mol. The van der Waals surface area contributed by atoms with Crippen LogP contribution in [0.2, 0.25) is 0 Å². The zero-order valence-corrected chi connectivity index (χ0v) is 32.5. The van der Waals surface area contributed by atoms with E-state index in [1.807, 2.05) is 91.9 Å². The van der Waals surface area contributed by atoms with Crippen molar-refractivity contribution in [2.24, 2.45) is 0 Å². The Labute approximate surface area is 328 Å². The van der Waals surface area contributed by atoms with Crippen LogP contribution in [0.5, 0.6) is 5.75 Å². The molecule has 11 nitrogen and oxygen atoms in total. The normalized spacial score (nSPS) is 16.4. The van der Waals surface area contributed by atoms with Crippen LogP contribution in [0, 0.1) is 18.8 Å². The van der Waals surface area contributed by atoms with Gasteiger partial charge in [0.1, 0.15) is 29.3 Å². The Balaban J connectivity index is 1.24. The van der Waals surface area contributed by atoms with Crippen LogP contribution in [-0.2, 0) is 30.5 Å². The molecule has 5 rings (SSSR count). The van der Waals surface area contributed by atoms with E-state index in [4.69, 9.17) is 14.2 Å². The topological polar surface area (TPSA) is 136 Å². The number of fused-ring (bicyclic) bond motifs is 1. The minimum atomic E-state index is -1.28. The summed E-state index contributed by atoms with van der Waals surface area (Å²) in [7, 11) is 1.28. The van der Waals surface area contributed by atoms with Crippen LogP contribution in [0.3, 0.4) is 0 Å². The van der Waals surface area contributed by atoms with Crippen molar-refractivity contribution < 1.29 is 33.4 Å². The molecule has 1 atom stereocenters. The number of pyridine rings is 1. The molecule has 0 saturated carbocycles. The molecule has 0 fully saturated rings. The lowest BCUT2D eigenvalue weighted by Gasteiger charge is -2.28. The maximum atomic E-state index is 13.2. The van der Waals surface area contributed by atoms with Gasteiger partial charge >= 0.3 is 12.1 Å². The summed E-state index contributed by atoms with van der Waals surface area (Å²) in [6.45, 7) is 7.50. The second-order valence-corrected chi connectivity index (χ2v) is 14.5. The van der Waals surface area contributed by atoms with Gasteiger partial charge in [0.2, 0.25) is 11.8 Å². The van der Waals surface area contributed by atoms with Crippen LogP contribution in [-0.4, -0.2) is 60.2 Å². The van der Waals surface area contributed by atoms with Crippen molar-refractivity contribution in [3.05, 3.63) is 120 Å². The monoisotopic (exact) mass is 756 g/mol. The van der Waals surface area contributed by atoms with Gasteiger partial charge in [-0.15, -0.1) is 0 Å². The van der Waals surface area contributed by atoms with Crippen LogP contribution in [0.1, 0.15) is 63.1 Å². The highest BCUT2D eigenvalue weighted by molar-refractivity contribution is 5.99. The van der Waals surface area contributed by atoms with Gasteiger partial charge in [-0.05, 0) is 86.0 Å². The molecule has 1 unspecified atom stereocenters. The highest BCUT2D eigenvalue weighted by atomic mass is 16.6. The summed E-state index contributed by atoms with van der Waals surface area (Å²) in [6, 6.07) is 25.5. The van der Waals surface area contributed by atoms with E-state index in [-0.39, 0.29) is 44.7 Å². The van der Waals surface area contributed by atoms with Gasteiger partial charge in [0.05, 0.1) is 20.1 Å². The first-order valence-corrected chi connectivity index (χ1v) is 18.5. The van der Waals surface area contributed by atoms with Crippen molar-refractivity contribution in [3.8, 4) is 17.6 Å². The lowest BCUT2D eigenvalue weighted by Crippen LogP contribution is -2.52.